The molecule has 1 aromatic carbocycles. The minimum Gasteiger partial charge on any atom is -0.464 e. The van der Waals surface area contributed by atoms with Gasteiger partial charge >= 0.3 is 6.18 Å². The van der Waals surface area contributed by atoms with Gasteiger partial charge in [0.1, 0.15) is 5.75 Å². The topological polar surface area (TPSA) is 18.5 Å². The zero-order valence-corrected chi connectivity index (χ0v) is 10.4. The fourth-order valence-electron chi connectivity index (χ4n) is 1.79. The second-order valence-electron chi connectivity index (χ2n) is 4.06. The van der Waals surface area contributed by atoms with Gasteiger partial charge in [0, 0.05) is 6.42 Å². The van der Waals surface area contributed by atoms with Crippen LogP contribution in [0.5, 0.6) is 5.75 Å². The Morgan fingerprint density at radius 2 is 2.06 bits per heavy atom. The predicted octanol–water partition coefficient (Wildman–Crippen LogP) is 3.90. The van der Waals surface area contributed by atoms with E-state index in [0.29, 0.717) is 13.0 Å². The first-order valence-corrected chi connectivity index (χ1v) is 6.10. The van der Waals surface area contributed by atoms with Crippen LogP contribution in [-0.4, -0.2) is 12.9 Å². The Morgan fingerprint density at radius 1 is 1.28 bits per heavy atom. The molecule has 1 fully saturated rings. The van der Waals surface area contributed by atoms with Crippen molar-refractivity contribution in [3.05, 3.63) is 23.8 Å². The smallest absolute Gasteiger partial charge is 0.417 e. The molecule has 1 aliphatic rings. The first-order chi connectivity index (χ1) is 8.48. The Labute approximate surface area is 108 Å². The Hall–Kier alpha value is -0.880. The number of benzene rings is 1. The van der Waals surface area contributed by atoms with Gasteiger partial charge in [-0.1, -0.05) is 6.07 Å². The Balaban J connectivity index is 2.18. The molecular weight excluding hydrogens is 265 g/mol. The second kappa shape index (κ2) is 5.40. The predicted molar refractivity (Wildman–Crippen MR) is 62.9 cm³/mol. The number of hydrogen-bond donors (Lipinski definition) is 1. The summed E-state index contributed by atoms with van der Waals surface area (Å²) in [6, 6.07) is 3.76. The molecule has 1 atom stereocenters. The van der Waals surface area contributed by atoms with Crippen LogP contribution >= 0.6 is 12.6 Å². The van der Waals surface area contributed by atoms with E-state index in [0.717, 1.165) is 18.9 Å². The van der Waals surface area contributed by atoms with Crippen LogP contribution in [0.25, 0.3) is 0 Å². The average Bonchev–Trinajstić information content (AvgIpc) is 2.32. The van der Waals surface area contributed by atoms with Crippen molar-refractivity contribution >= 4 is 12.6 Å². The lowest BCUT2D eigenvalue weighted by atomic mass is 10.2. The largest absolute Gasteiger partial charge is 0.464 e. The third kappa shape index (κ3) is 3.11. The number of halogens is 3. The van der Waals surface area contributed by atoms with Crippen LogP contribution in [0.1, 0.15) is 24.8 Å². The van der Waals surface area contributed by atoms with Crippen LogP contribution in [0.3, 0.4) is 0 Å². The van der Waals surface area contributed by atoms with Gasteiger partial charge in [-0.05, 0) is 25.0 Å². The van der Waals surface area contributed by atoms with Gasteiger partial charge in [-0.15, -0.1) is 12.6 Å². The molecule has 100 valence electrons. The van der Waals surface area contributed by atoms with Crippen LogP contribution in [0.2, 0.25) is 0 Å². The first kappa shape index (κ1) is 13.5. The summed E-state index contributed by atoms with van der Waals surface area (Å²) in [6.45, 7) is 0.575. The lowest BCUT2D eigenvalue weighted by Crippen LogP contribution is -2.25. The third-order valence-corrected chi connectivity index (χ3v) is 3.16. The average molecular weight is 278 g/mol. The highest BCUT2D eigenvalue weighted by atomic mass is 32.1. The van der Waals surface area contributed by atoms with E-state index in [1.165, 1.54) is 12.1 Å². The van der Waals surface area contributed by atoms with Crippen LogP contribution in [-0.2, 0) is 10.9 Å². The number of rotatable bonds is 2. The minimum absolute atomic E-state index is 0.111. The fraction of sp³-hybridized carbons (Fsp3) is 0.500. The van der Waals surface area contributed by atoms with Crippen molar-refractivity contribution in [1.82, 2.24) is 0 Å². The van der Waals surface area contributed by atoms with E-state index in [9.17, 15) is 13.2 Å². The molecular formula is C12H13F3O2S. The van der Waals surface area contributed by atoms with Gasteiger partial charge in [-0.25, -0.2) is 0 Å². The number of thiol groups is 1. The molecule has 1 unspecified atom stereocenters. The third-order valence-electron chi connectivity index (χ3n) is 2.70. The van der Waals surface area contributed by atoms with Crippen molar-refractivity contribution in [2.45, 2.75) is 36.6 Å². The molecule has 0 spiro atoms. The molecule has 0 aliphatic carbocycles. The fourth-order valence-corrected chi connectivity index (χ4v) is 2.12. The number of ether oxygens (including phenoxy) is 2. The molecule has 0 aromatic heterocycles. The lowest BCUT2D eigenvalue weighted by Gasteiger charge is -2.24. The summed E-state index contributed by atoms with van der Waals surface area (Å²) >= 11 is 3.90. The molecule has 18 heavy (non-hydrogen) atoms. The monoisotopic (exact) mass is 278 g/mol. The minimum atomic E-state index is -4.43. The lowest BCUT2D eigenvalue weighted by molar-refractivity contribution is -0.141. The maximum atomic E-state index is 12.7. The SMILES string of the molecule is FC(F)(F)c1cccc(OC2CCCCO2)c1S. The van der Waals surface area contributed by atoms with Gasteiger partial charge in [0.15, 0.2) is 6.29 Å². The van der Waals surface area contributed by atoms with Crippen molar-refractivity contribution in [2.75, 3.05) is 6.61 Å². The molecule has 1 heterocycles. The van der Waals surface area contributed by atoms with E-state index in [1.807, 2.05) is 0 Å². The Kier molecular flexibility index (Phi) is 4.07. The van der Waals surface area contributed by atoms with E-state index in [1.54, 1.807) is 0 Å². The van der Waals surface area contributed by atoms with Gasteiger partial charge in [0.2, 0.25) is 0 Å². The number of hydrogen-bond acceptors (Lipinski definition) is 3. The van der Waals surface area contributed by atoms with E-state index in [-0.39, 0.29) is 10.6 Å². The molecule has 0 amide bonds. The maximum absolute atomic E-state index is 12.7. The molecule has 1 aliphatic heterocycles. The highest BCUT2D eigenvalue weighted by Gasteiger charge is 2.34. The zero-order valence-electron chi connectivity index (χ0n) is 9.54. The molecule has 0 radical (unpaired) electrons. The van der Waals surface area contributed by atoms with Crippen molar-refractivity contribution in [3.8, 4) is 5.75 Å². The van der Waals surface area contributed by atoms with Gasteiger partial charge in [0.25, 0.3) is 0 Å². The molecule has 1 saturated heterocycles. The van der Waals surface area contributed by atoms with E-state index in [4.69, 9.17) is 9.47 Å². The quantitative estimate of drug-likeness (QED) is 0.827. The summed E-state index contributed by atoms with van der Waals surface area (Å²) in [6.07, 6.45) is -2.32. The second-order valence-corrected chi connectivity index (χ2v) is 4.51. The van der Waals surface area contributed by atoms with Crippen LogP contribution in [0, 0.1) is 0 Å². The van der Waals surface area contributed by atoms with Gasteiger partial charge in [0.05, 0.1) is 17.1 Å². The standard InChI is InChI=1S/C12H13F3O2S/c13-12(14,15)8-4-3-5-9(11(8)18)17-10-6-1-2-7-16-10/h3-5,10,18H,1-2,6-7H2. The summed E-state index contributed by atoms with van der Waals surface area (Å²) in [5, 5.41) is 0. The molecule has 0 N–H and O–H groups in total. The van der Waals surface area contributed by atoms with E-state index in [2.05, 4.69) is 12.6 Å². The van der Waals surface area contributed by atoms with Gasteiger partial charge in [-0.3, -0.25) is 0 Å². The summed E-state index contributed by atoms with van der Waals surface area (Å²) in [7, 11) is 0. The van der Waals surface area contributed by atoms with Crippen molar-refractivity contribution in [1.29, 1.82) is 0 Å². The molecule has 1 aromatic rings. The highest BCUT2D eigenvalue weighted by Crippen LogP contribution is 2.38. The van der Waals surface area contributed by atoms with Crippen LogP contribution < -0.4 is 4.74 Å². The molecule has 6 heteroatoms. The van der Waals surface area contributed by atoms with E-state index >= 15 is 0 Å². The van der Waals surface area contributed by atoms with Gasteiger partial charge < -0.3 is 9.47 Å². The summed E-state index contributed by atoms with van der Waals surface area (Å²) in [5.41, 5.74) is -0.792. The van der Waals surface area contributed by atoms with Crippen molar-refractivity contribution in [2.24, 2.45) is 0 Å². The Bertz CT molecular complexity index is 414. The molecule has 0 bridgehead atoms. The normalized spacial score (nSPS) is 20.8. The van der Waals surface area contributed by atoms with E-state index < -0.39 is 18.0 Å². The molecule has 2 nitrogen and oxygen atoms in total. The van der Waals surface area contributed by atoms with Crippen molar-refractivity contribution < 1.29 is 22.6 Å². The summed E-state index contributed by atoms with van der Waals surface area (Å²) < 4.78 is 48.8. The zero-order chi connectivity index (χ0) is 13.2. The number of alkyl halides is 3. The maximum Gasteiger partial charge on any atom is 0.417 e. The van der Waals surface area contributed by atoms with Crippen LogP contribution in [0.15, 0.2) is 23.1 Å². The summed E-state index contributed by atoms with van der Waals surface area (Å²) in [5.74, 6) is 0.111. The Morgan fingerprint density at radius 3 is 2.67 bits per heavy atom. The van der Waals surface area contributed by atoms with Gasteiger partial charge in [-0.2, -0.15) is 13.2 Å². The molecule has 0 saturated carbocycles. The highest BCUT2D eigenvalue weighted by molar-refractivity contribution is 7.80. The summed E-state index contributed by atoms with van der Waals surface area (Å²) in [4.78, 5) is -0.195. The first-order valence-electron chi connectivity index (χ1n) is 5.66. The molecule has 2 rings (SSSR count). The van der Waals surface area contributed by atoms with Crippen LogP contribution in [0.4, 0.5) is 13.2 Å². The van der Waals surface area contributed by atoms with Crippen molar-refractivity contribution in [3.63, 3.8) is 0 Å².